The van der Waals surface area contributed by atoms with Crippen molar-refractivity contribution in [3.05, 3.63) is 16.2 Å². The molecule has 0 aliphatic carbocycles. The number of nitrogen functional groups attached to an aromatic ring is 1. The third kappa shape index (κ3) is 1.65. The van der Waals surface area contributed by atoms with Crippen molar-refractivity contribution in [2.45, 2.75) is 19.4 Å². The van der Waals surface area contributed by atoms with Crippen molar-refractivity contribution >= 4 is 17.1 Å². The molecule has 0 saturated heterocycles. The third-order valence-electron chi connectivity index (χ3n) is 2.48. The summed E-state index contributed by atoms with van der Waals surface area (Å²) in [5.41, 5.74) is 5.85. The molecule has 2 rings (SSSR count). The van der Waals surface area contributed by atoms with Crippen LogP contribution in [0.25, 0.3) is 11.2 Å². The Morgan fingerprint density at radius 3 is 2.81 bits per heavy atom. The molecule has 5 N–H and O–H groups in total. The number of nitrogens with zero attached hydrogens (tertiary/aromatic N) is 2. The summed E-state index contributed by atoms with van der Waals surface area (Å²) in [5, 5.41) is 3.10. The van der Waals surface area contributed by atoms with Gasteiger partial charge in [0.2, 0.25) is 5.95 Å². The minimum Gasteiger partial charge on any atom is -0.369 e. The number of hydrogen-bond acceptors (Lipinski definition) is 5. The highest BCUT2D eigenvalue weighted by Crippen LogP contribution is 2.14. The fraction of sp³-hybridized carbons (Fsp3) is 0.444. The van der Waals surface area contributed by atoms with Gasteiger partial charge >= 0.3 is 0 Å². The predicted octanol–water partition coefficient (Wildman–Crippen LogP) is -0.101. The summed E-state index contributed by atoms with van der Waals surface area (Å²) >= 11 is 0. The lowest BCUT2D eigenvalue weighted by molar-refractivity contribution is 0.551. The van der Waals surface area contributed by atoms with E-state index in [2.05, 4.69) is 25.3 Å². The Morgan fingerprint density at radius 2 is 2.19 bits per heavy atom. The topological polar surface area (TPSA) is 112 Å². The average molecular weight is 222 g/mol. The molecule has 0 aromatic carbocycles. The molecule has 86 valence electrons. The number of anilines is 1. The number of aromatic amines is 2. The monoisotopic (exact) mass is 222 g/mol. The number of hydrogen-bond donors (Lipinski definition) is 4. The number of imidazole rings is 1. The van der Waals surface area contributed by atoms with Gasteiger partial charge in [0.25, 0.3) is 5.56 Å². The van der Waals surface area contributed by atoms with Gasteiger partial charge in [0.15, 0.2) is 11.2 Å². The van der Waals surface area contributed by atoms with Gasteiger partial charge in [-0.15, -0.1) is 0 Å². The minimum absolute atomic E-state index is 0.0769. The number of aromatic nitrogens is 4. The molecule has 2 heterocycles. The summed E-state index contributed by atoms with van der Waals surface area (Å²) in [7, 11) is 1.84. The second kappa shape index (κ2) is 3.93. The van der Waals surface area contributed by atoms with E-state index in [4.69, 9.17) is 5.73 Å². The summed E-state index contributed by atoms with van der Waals surface area (Å²) in [6.45, 7) is 2.03. The first kappa shape index (κ1) is 10.6. The molecular weight excluding hydrogens is 208 g/mol. The van der Waals surface area contributed by atoms with E-state index in [0.717, 1.165) is 6.42 Å². The van der Waals surface area contributed by atoms with E-state index in [9.17, 15) is 4.79 Å². The number of fused-ring (bicyclic) bond motifs is 1. The third-order valence-corrected chi connectivity index (χ3v) is 2.48. The van der Waals surface area contributed by atoms with E-state index in [-0.39, 0.29) is 17.5 Å². The molecule has 0 radical (unpaired) electrons. The molecule has 0 saturated carbocycles. The molecule has 0 bridgehead atoms. The summed E-state index contributed by atoms with van der Waals surface area (Å²) < 4.78 is 0. The second-order valence-corrected chi connectivity index (χ2v) is 3.52. The van der Waals surface area contributed by atoms with Crippen LogP contribution in [0.1, 0.15) is 25.2 Å². The van der Waals surface area contributed by atoms with Crippen molar-refractivity contribution < 1.29 is 0 Å². The summed E-state index contributed by atoms with van der Waals surface area (Å²) in [5.74, 6) is 0.775. The van der Waals surface area contributed by atoms with Crippen molar-refractivity contribution in [2.24, 2.45) is 0 Å². The van der Waals surface area contributed by atoms with Gasteiger partial charge in [-0.05, 0) is 13.5 Å². The van der Waals surface area contributed by atoms with Crippen molar-refractivity contribution in [3.8, 4) is 0 Å². The Hall–Kier alpha value is -1.89. The molecule has 7 heteroatoms. The Labute approximate surface area is 91.5 Å². The number of rotatable bonds is 3. The Kier molecular flexibility index (Phi) is 2.61. The van der Waals surface area contributed by atoms with Crippen molar-refractivity contribution in [2.75, 3.05) is 12.8 Å². The lowest BCUT2D eigenvalue weighted by atomic mass is 10.2. The molecule has 0 amide bonds. The quantitative estimate of drug-likeness (QED) is 0.579. The lowest BCUT2D eigenvalue weighted by Crippen LogP contribution is -2.16. The molecule has 0 spiro atoms. The molecule has 0 aliphatic rings. The SMILES string of the molecule is CCC(NC)c1nc2nc(N)[nH]c(=O)c2[nH]1. The van der Waals surface area contributed by atoms with Crippen LogP contribution in [-0.4, -0.2) is 27.0 Å². The smallest absolute Gasteiger partial charge is 0.278 e. The van der Waals surface area contributed by atoms with Crippen LogP contribution in [0.5, 0.6) is 0 Å². The van der Waals surface area contributed by atoms with Gasteiger partial charge in [0.05, 0.1) is 6.04 Å². The van der Waals surface area contributed by atoms with Crippen molar-refractivity contribution in [3.63, 3.8) is 0 Å². The maximum Gasteiger partial charge on any atom is 0.278 e. The predicted molar refractivity (Wildman–Crippen MR) is 61.0 cm³/mol. The van der Waals surface area contributed by atoms with Gasteiger partial charge in [-0.25, -0.2) is 4.98 Å². The Bertz CT molecular complexity index is 553. The first-order valence-corrected chi connectivity index (χ1v) is 5.08. The average Bonchev–Trinajstić information content (AvgIpc) is 2.63. The van der Waals surface area contributed by atoms with Gasteiger partial charge in [0, 0.05) is 0 Å². The fourth-order valence-corrected chi connectivity index (χ4v) is 1.64. The Balaban J connectivity index is 2.59. The van der Waals surface area contributed by atoms with Crippen LogP contribution in [-0.2, 0) is 0 Å². The molecule has 0 aliphatic heterocycles. The summed E-state index contributed by atoms with van der Waals surface area (Å²) in [6.07, 6.45) is 0.865. The molecule has 2 aromatic heterocycles. The Morgan fingerprint density at radius 1 is 1.44 bits per heavy atom. The van der Waals surface area contributed by atoms with Crippen LogP contribution in [0.15, 0.2) is 4.79 Å². The number of nitrogens with one attached hydrogen (secondary N) is 3. The summed E-state index contributed by atoms with van der Waals surface area (Å²) in [4.78, 5) is 25.1. The van der Waals surface area contributed by atoms with Crippen LogP contribution in [0.2, 0.25) is 0 Å². The molecule has 2 aromatic rings. The highest BCUT2D eigenvalue weighted by atomic mass is 16.1. The summed E-state index contributed by atoms with van der Waals surface area (Å²) in [6, 6.07) is 0.0785. The maximum atomic E-state index is 11.5. The van der Waals surface area contributed by atoms with Crippen LogP contribution >= 0.6 is 0 Å². The van der Waals surface area contributed by atoms with Crippen LogP contribution in [0, 0.1) is 0 Å². The highest BCUT2D eigenvalue weighted by Gasteiger charge is 2.14. The van der Waals surface area contributed by atoms with E-state index >= 15 is 0 Å². The first-order valence-electron chi connectivity index (χ1n) is 5.08. The normalized spacial score (nSPS) is 13.1. The van der Waals surface area contributed by atoms with Gasteiger partial charge in [0.1, 0.15) is 5.82 Å². The van der Waals surface area contributed by atoms with Crippen molar-refractivity contribution in [1.29, 1.82) is 0 Å². The fourth-order valence-electron chi connectivity index (χ4n) is 1.64. The van der Waals surface area contributed by atoms with E-state index in [1.807, 2.05) is 14.0 Å². The molecular formula is C9H14N6O. The largest absolute Gasteiger partial charge is 0.369 e. The molecule has 1 atom stereocenters. The highest BCUT2D eigenvalue weighted by molar-refractivity contribution is 5.70. The van der Waals surface area contributed by atoms with Gasteiger partial charge in [-0.1, -0.05) is 6.92 Å². The van der Waals surface area contributed by atoms with Crippen LogP contribution < -0.4 is 16.6 Å². The maximum absolute atomic E-state index is 11.5. The van der Waals surface area contributed by atoms with Crippen LogP contribution in [0.3, 0.4) is 0 Å². The molecule has 0 fully saturated rings. The molecule has 1 unspecified atom stereocenters. The van der Waals surface area contributed by atoms with E-state index in [0.29, 0.717) is 17.0 Å². The van der Waals surface area contributed by atoms with Crippen LogP contribution in [0.4, 0.5) is 5.95 Å². The second-order valence-electron chi connectivity index (χ2n) is 3.52. The lowest BCUT2D eigenvalue weighted by Gasteiger charge is -2.09. The van der Waals surface area contributed by atoms with Gasteiger partial charge < -0.3 is 16.0 Å². The molecule has 16 heavy (non-hydrogen) atoms. The first-order chi connectivity index (χ1) is 7.65. The van der Waals surface area contributed by atoms with Gasteiger partial charge in [-0.3, -0.25) is 9.78 Å². The van der Waals surface area contributed by atoms with E-state index < -0.39 is 0 Å². The zero-order chi connectivity index (χ0) is 11.7. The zero-order valence-electron chi connectivity index (χ0n) is 9.16. The molecule has 7 nitrogen and oxygen atoms in total. The zero-order valence-corrected chi connectivity index (χ0v) is 9.16. The minimum atomic E-state index is -0.299. The number of H-pyrrole nitrogens is 2. The van der Waals surface area contributed by atoms with E-state index in [1.165, 1.54) is 0 Å². The number of nitrogens with two attached hydrogens (primary N) is 1. The van der Waals surface area contributed by atoms with Crippen molar-refractivity contribution in [1.82, 2.24) is 25.3 Å². The van der Waals surface area contributed by atoms with E-state index in [1.54, 1.807) is 0 Å². The standard InChI is InChI=1S/C9H14N6O/c1-3-4(11-2)6-12-5-7(13-6)14-9(10)15-8(5)16/h4,11H,3H2,1-2H3,(H4,10,12,13,14,15,16). The van der Waals surface area contributed by atoms with Gasteiger partial charge in [-0.2, -0.15) is 4.98 Å².